The largest absolute Gasteiger partial charge is 0.483 e. The average Bonchev–Trinajstić information content (AvgIpc) is 1.39. The quantitative estimate of drug-likeness (QED) is 0.465. The zero-order chi connectivity index (χ0) is 5.41. The van der Waals surface area contributed by atoms with Crippen molar-refractivity contribution in [2.24, 2.45) is 0 Å². The highest BCUT2D eigenvalue weighted by Crippen LogP contribution is 0.969. The summed E-state index contributed by atoms with van der Waals surface area (Å²) in [6.07, 6.45) is 0. The number of hydrogen-bond acceptors (Lipinski definition) is 2. The summed E-state index contributed by atoms with van der Waals surface area (Å²) in [6.45, 7) is -0.500. The summed E-state index contributed by atoms with van der Waals surface area (Å²) in [6, 6.07) is 0. The molecule has 0 radical (unpaired) electrons. The smallest absolute Gasteiger partial charge is 0.290 e. The van der Waals surface area contributed by atoms with Gasteiger partial charge >= 0.3 is 0 Å². The summed E-state index contributed by atoms with van der Waals surface area (Å²) in [4.78, 5) is 16.7. The van der Waals surface area contributed by atoms with Gasteiger partial charge in [-0.05, 0) is 0 Å². The molecule has 8 heavy (non-hydrogen) atoms. The van der Waals surface area contributed by atoms with Crippen LogP contribution < -0.4 is 0 Å². The van der Waals surface area contributed by atoms with Gasteiger partial charge in [-0.3, -0.25) is 9.59 Å². The van der Waals surface area contributed by atoms with Crippen LogP contribution in [0, 0.1) is 0 Å². The van der Waals surface area contributed by atoms with E-state index in [9.17, 15) is 0 Å². The Hall–Kier alpha value is -1.06. The predicted molar refractivity (Wildman–Crippen MR) is 30.8 cm³/mol. The van der Waals surface area contributed by atoms with Gasteiger partial charge in [-0.15, -0.1) is 0 Å². The molecule has 0 unspecified atom stereocenters. The summed E-state index contributed by atoms with van der Waals surface area (Å²) in [5.41, 5.74) is 0. The molecular weight excluding hydrogens is 112 g/mol. The normalized spacial score (nSPS) is 3.00. The van der Waals surface area contributed by atoms with Crippen molar-refractivity contribution in [1.29, 1.82) is 0 Å². The van der Waals surface area contributed by atoms with E-state index in [1.165, 1.54) is 0 Å². The summed E-state index contributed by atoms with van der Waals surface area (Å²) >= 11 is 0. The second kappa shape index (κ2) is 164. The Morgan fingerprint density at radius 3 is 0.875 bits per heavy atom. The van der Waals surface area contributed by atoms with Crippen molar-refractivity contribution in [3.05, 3.63) is 0 Å². The van der Waals surface area contributed by atoms with Crippen LogP contribution in [0.5, 0.6) is 0 Å². The van der Waals surface area contributed by atoms with Crippen LogP contribution in [0.3, 0.4) is 0 Å². The molecule has 0 fully saturated rings. The van der Waals surface area contributed by atoms with Crippen molar-refractivity contribution in [3.8, 4) is 0 Å². The molecule has 0 saturated heterocycles. The van der Waals surface area contributed by atoms with E-state index in [0.717, 1.165) is 0 Å². The number of carboxylic acid groups (broad SMARTS) is 2. The van der Waals surface area contributed by atoms with Gasteiger partial charge in [0, 0.05) is 0 Å². The summed E-state index contributed by atoms with van der Waals surface area (Å²) < 4.78 is 0. The number of hydrogen-bond donors (Lipinski definition) is 2. The summed E-state index contributed by atoms with van der Waals surface area (Å²) in [5.74, 6) is 0. The third-order valence-corrected chi connectivity index (χ3v) is 0. The number of rotatable bonds is 0. The monoisotopic (exact) mass is 124 g/mol. The molecule has 0 aliphatic heterocycles. The topological polar surface area (TPSA) is 74.6 Å². The molecule has 0 saturated carbocycles. The van der Waals surface area contributed by atoms with Gasteiger partial charge in [0.2, 0.25) is 0 Å². The highest BCUT2D eigenvalue weighted by atomic mass is 16.3. The van der Waals surface area contributed by atoms with Gasteiger partial charge < -0.3 is 10.2 Å². The van der Waals surface area contributed by atoms with Crippen LogP contribution in [0.4, 0.5) is 0 Å². The van der Waals surface area contributed by atoms with Gasteiger partial charge in [0.25, 0.3) is 12.9 Å². The summed E-state index contributed by atoms with van der Waals surface area (Å²) in [7, 11) is 0. The van der Waals surface area contributed by atoms with Gasteiger partial charge in [0.05, 0.1) is 0 Å². The zero-order valence-corrected chi connectivity index (χ0v) is 2.87. The van der Waals surface area contributed by atoms with Crippen LogP contribution in [-0.4, -0.2) is 23.2 Å². The minimum absolute atomic E-state index is 0. The van der Waals surface area contributed by atoms with Crippen LogP contribution in [0.25, 0.3) is 0 Å². The van der Waals surface area contributed by atoms with Crippen molar-refractivity contribution in [1.82, 2.24) is 0 Å². The zero-order valence-electron chi connectivity index (χ0n) is 2.87. The lowest BCUT2D eigenvalue weighted by Crippen LogP contribution is -1.49. The molecule has 0 aliphatic rings. The van der Waals surface area contributed by atoms with Crippen molar-refractivity contribution >= 4 is 12.9 Å². The molecule has 0 spiro atoms. The van der Waals surface area contributed by atoms with Gasteiger partial charge in [-0.25, -0.2) is 0 Å². The predicted octanol–water partition coefficient (Wildman–Crippen LogP) is 0.674. The molecule has 0 aromatic carbocycles. The lowest BCUT2D eigenvalue weighted by Gasteiger charge is -1.34. The van der Waals surface area contributed by atoms with Crippen molar-refractivity contribution < 1.29 is 19.8 Å². The van der Waals surface area contributed by atoms with Crippen LogP contribution in [-0.2, 0) is 9.59 Å². The van der Waals surface area contributed by atoms with Crippen LogP contribution in [0.1, 0.15) is 14.9 Å². The minimum atomic E-state index is -0.250. The van der Waals surface area contributed by atoms with E-state index in [1.807, 2.05) is 0 Å². The Labute approximate surface area is 48.8 Å². The lowest BCUT2D eigenvalue weighted by atomic mass is 11.7. The Morgan fingerprint density at radius 2 is 0.875 bits per heavy atom. The van der Waals surface area contributed by atoms with Crippen LogP contribution in [0.15, 0.2) is 0 Å². The molecule has 0 bridgehead atoms. The molecule has 0 amide bonds. The van der Waals surface area contributed by atoms with Gasteiger partial charge in [-0.2, -0.15) is 0 Å². The molecule has 4 heteroatoms. The SMILES string of the molecule is C.C.O=CO.O=CO. The van der Waals surface area contributed by atoms with Crippen LogP contribution in [0.2, 0.25) is 0 Å². The highest BCUT2D eigenvalue weighted by molar-refractivity contribution is 5.32. The van der Waals surface area contributed by atoms with E-state index in [0.29, 0.717) is 0 Å². The standard InChI is InChI=1S/2CH2O2.2CH4/c2*2-1-3;;/h2*1H,(H,2,3);2*1H4. The van der Waals surface area contributed by atoms with E-state index in [4.69, 9.17) is 19.8 Å². The molecule has 0 aliphatic carbocycles. The maximum atomic E-state index is 8.36. The van der Waals surface area contributed by atoms with E-state index in [1.54, 1.807) is 0 Å². The Morgan fingerprint density at radius 1 is 0.875 bits per heavy atom. The first kappa shape index (κ1) is 28.3. The van der Waals surface area contributed by atoms with Crippen molar-refractivity contribution in [3.63, 3.8) is 0 Å². The molecule has 4 nitrogen and oxygen atoms in total. The maximum absolute atomic E-state index is 8.36. The van der Waals surface area contributed by atoms with Gasteiger partial charge in [0.15, 0.2) is 0 Å². The van der Waals surface area contributed by atoms with Gasteiger partial charge in [-0.1, -0.05) is 14.9 Å². The molecule has 0 atom stereocenters. The van der Waals surface area contributed by atoms with Crippen molar-refractivity contribution in [2.75, 3.05) is 0 Å². The first-order valence-electron chi connectivity index (χ1n) is 0.988. The van der Waals surface area contributed by atoms with E-state index < -0.39 is 0 Å². The second-order valence-corrected chi connectivity index (χ2v) is 0.211. The lowest BCUT2D eigenvalue weighted by molar-refractivity contribution is -0.123. The fourth-order valence-corrected chi connectivity index (χ4v) is 0. The minimum Gasteiger partial charge on any atom is -0.483 e. The van der Waals surface area contributed by atoms with E-state index >= 15 is 0 Å². The molecular formula is C4H12O4. The first-order valence-corrected chi connectivity index (χ1v) is 0.988. The third kappa shape index (κ3) is 68.3. The maximum Gasteiger partial charge on any atom is 0.290 e. The van der Waals surface area contributed by atoms with Crippen LogP contribution >= 0.6 is 0 Å². The second-order valence-electron chi connectivity index (χ2n) is 0.211. The van der Waals surface area contributed by atoms with Crippen molar-refractivity contribution in [2.45, 2.75) is 14.9 Å². The third-order valence-electron chi connectivity index (χ3n) is 0. The summed E-state index contributed by atoms with van der Waals surface area (Å²) in [5, 5.41) is 13.8. The molecule has 52 valence electrons. The highest BCUT2D eigenvalue weighted by Gasteiger charge is 1.22. The molecule has 2 N–H and O–H groups in total. The Balaban J connectivity index is -0.0000000160. The first-order chi connectivity index (χ1) is 2.83. The number of carbonyl (C=O) groups is 2. The average molecular weight is 124 g/mol. The molecule has 0 heterocycles. The molecule has 0 aromatic heterocycles. The molecule has 0 rings (SSSR count). The fourth-order valence-electron chi connectivity index (χ4n) is 0. The van der Waals surface area contributed by atoms with E-state index in [-0.39, 0.29) is 27.8 Å². The van der Waals surface area contributed by atoms with E-state index in [2.05, 4.69) is 0 Å². The fraction of sp³-hybridized carbons (Fsp3) is 0.500. The molecule has 0 aromatic rings. The van der Waals surface area contributed by atoms with Gasteiger partial charge in [0.1, 0.15) is 0 Å². The Bertz CT molecular complexity index is 29.0. The Kier molecular flexibility index (Phi) is 581.